The SMILES string of the molecule is CCCCCCCC/C=C\CCCCCCCC(=O)O[C@H](COC(=O)CCC/C=C\C[C@H]1[C@@H](O)CC(=O)[C@@H]1/C=C/[C@@H](O)CCCCC)COP(=O)(O)OC[C@@H](O)CO. The van der Waals surface area contributed by atoms with E-state index in [4.69, 9.17) is 19.1 Å². The van der Waals surface area contributed by atoms with Crippen molar-refractivity contribution in [2.24, 2.45) is 11.8 Å². The number of ether oxygens (including phenoxy) is 2. The molecule has 14 heteroatoms. The van der Waals surface area contributed by atoms with E-state index in [0.29, 0.717) is 32.1 Å². The zero-order valence-electron chi connectivity index (χ0n) is 35.5. The number of phosphoric acid groups is 1. The lowest BCUT2D eigenvalue weighted by Crippen LogP contribution is -2.29. The maximum Gasteiger partial charge on any atom is 0.472 e. The predicted octanol–water partition coefficient (Wildman–Crippen LogP) is 8.15. The normalized spacial score (nSPS) is 19.9. The molecule has 5 N–H and O–H groups in total. The molecule has 1 rings (SSSR count). The number of hydrogen-bond donors (Lipinski definition) is 5. The number of carbonyl (C=O) groups excluding carboxylic acids is 3. The Morgan fingerprint density at radius 1 is 0.759 bits per heavy atom. The van der Waals surface area contributed by atoms with Crippen LogP contribution in [0, 0.1) is 11.8 Å². The number of ketones is 1. The van der Waals surface area contributed by atoms with Gasteiger partial charge in [-0.25, -0.2) is 4.57 Å². The number of aliphatic hydroxyl groups excluding tert-OH is 4. The molecule has 1 aliphatic rings. The van der Waals surface area contributed by atoms with Crippen LogP contribution in [-0.2, 0) is 37.5 Å². The minimum Gasteiger partial charge on any atom is -0.462 e. The summed E-state index contributed by atoms with van der Waals surface area (Å²) >= 11 is 0. The van der Waals surface area contributed by atoms with Crippen LogP contribution in [-0.4, -0.2) is 93.9 Å². The number of esters is 2. The number of carbonyl (C=O) groups is 3. The number of Topliss-reactive ketones (excluding diaryl/α,β-unsaturated/α-hetero) is 1. The quantitative estimate of drug-likeness (QED) is 0.0174. The summed E-state index contributed by atoms with van der Waals surface area (Å²) in [6.45, 7) is 1.95. The Morgan fingerprint density at radius 3 is 2.00 bits per heavy atom. The second-order valence-corrected chi connectivity index (χ2v) is 17.0. The number of phosphoric ester groups is 1. The van der Waals surface area contributed by atoms with Gasteiger partial charge in [-0.05, 0) is 57.8 Å². The molecule has 0 aromatic rings. The van der Waals surface area contributed by atoms with Crippen molar-refractivity contribution in [1.82, 2.24) is 0 Å². The van der Waals surface area contributed by atoms with Gasteiger partial charge < -0.3 is 34.8 Å². The first-order valence-corrected chi connectivity index (χ1v) is 23.5. The monoisotopic (exact) mass is 845 g/mol. The molecule has 1 aliphatic carbocycles. The fraction of sp³-hybridized carbons (Fsp3) is 0.795. The first-order chi connectivity index (χ1) is 27.9. The molecule has 1 unspecified atom stereocenters. The lowest BCUT2D eigenvalue weighted by Gasteiger charge is -2.20. The van der Waals surface area contributed by atoms with Crippen molar-refractivity contribution in [2.75, 3.05) is 26.4 Å². The van der Waals surface area contributed by atoms with Crippen molar-refractivity contribution in [3.63, 3.8) is 0 Å². The van der Waals surface area contributed by atoms with E-state index >= 15 is 0 Å². The highest BCUT2D eigenvalue weighted by Gasteiger charge is 2.39. The van der Waals surface area contributed by atoms with Gasteiger partial charge in [0.25, 0.3) is 0 Å². The number of aliphatic hydroxyl groups is 4. The molecule has 1 fully saturated rings. The zero-order chi connectivity index (χ0) is 42.9. The van der Waals surface area contributed by atoms with Gasteiger partial charge in [-0.1, -0.05) is 121 Å². The van der Waals surface area contributed by atoms with Crippen molar-refractivity contribution < 1.29 is 62.8 Å². The van der Waals surface area contributed by atoms with Crippen LogP contribution in [0.4, 0.5) is 0 Å². The second kappa shape index (κ2) is 34.5. The summed E-state index contributed by atoms with van der Waals surface area (Å²) in [5.41, 5.74) is 0. The summed E-state index contributed by atoms with van der Waals surface area (Å²) in [5.74, 6) is -1.92. The molecule has 0 amide bonds. The van der Waals surface area contributed by atoms with Crippen molar-refractivity contribution >= 4 is 25.5 Å². The van der Waals surface area contributed by atoms with E-state index in [9.17, 15) is 39.2 Å². The number of unbranched alkanes of at least 4 members (excludes halogenated alkanes) is 14. The van der Waals surface area contributed by atoms with E-state index in [0.717, 1.165) is 57.8 Å². The van der Waals surface area contributed by atoms with Crippen LogP contribution < -0.4 is 0 Å². The third-order valence-corrected chi connectivity index (χ3v) is 11.1. The Hall–Kier alpha value is -2.22. The molecule has 58 heavy (non-hydrogen) atoms. The fourth-order valence-electron chi connectivity index (χ4n) is 6.62. The molecule has 0 bridgehead atoms. The molecule has 0 spiro atoms. The zero-order valence-corrected chi connectivity index (χ0v) is 36.4. The van der Waals surface area contributed by atoms with Gasteiger partial charge in [0.05, 0.1) is 32.0 Å². The van der Waals surface area contributed by atoms with Crippen LogP contribution in [0.5, 0.6) is 0 Å². The van der Waals surface area contributed by atoms with E-state index in [1.807, 2.05) is 12.2 Å². The van der Waals surface area contributed by atoms with Crippen LogP contribution in [0.25, 0.3) is 0 Å². The third kappa shape index (κ3) is 28.3. The van der Waals surface area contributed by atoms with Gasteiger partial charge in [-0.3, -0.25) is 23.4 Å². The van der Waals surface area contributed by atoms with Gasteiger partial charge in [-0.2, -0.15) is 0 Å². The third-order valence-electron chi connectivity index (χ3n) is 10.1. The van der Waals surface area contributed by atoms with Crippen LogP contribution in [0.3, 0.4) is 0 Å². The molecular formula is C44H77O13P. The van der Waals surface area contributed by atoms with Gasteiger partial charge >= 0.3 is 19.8 Å². The first kappa shape index (κ1) is 53.8. The molecular weight excluding hydrogens is 767 g/mol. The summed E-state index contributed by atoms with van der Waals surface area (Å²) in [5, 5.41) is 39.0. The molecule has 7 atom stereocenters. The molecule has 0 radical (unpaired) electrons. The van der Waals surface area contributed by atoms with E-state index in [2.05, 4.69) is 30.5 Å². The topological polar surface area (TPSA) is 206 Å². The number of allylic oxidation sites excluding steroid dienone is 5. The van der Waals surface area contributed by atoms with Gasteiger partial charge in [0.2, 0.25) is 0 Å². The number of hydrogen-bond acceptors (Lipinski definition) is 12. The summed E-state index contributed by atoms with van der Waals surface area (Å²) in [6.07, 6.45) is 27.6. The standard InChI is InChI=1S/C44H77O13P/c1-3-5-7-8-9-10-11-12-13-14-15-16-17-18-24-28-44(51)57-38(35-56-58(52,53)55-33-37(47)32-45)34-54-43(50)27-23-20-19-22-26-39-40(42(49)31-41(39)48)30-29-36(46)25-21-6-4-2/h12-13,19,22,29-30,36-41,45-48H,3-11,14-18,20-21,23-28,31-35H2,1-2H3,(H,52,53)/b13-12-,22-19-,30-29+/t36-,37-,38+,39+,40+,41-/m0/s1. The highest BCUT2D eigenvalue weighted by atomic mass is 31.2. The van der Waals surface area contributed by atoms with Gasteiger partial charge in [0.1, 0.15) is 18.5 Å². The van der Waals surface area contributed by atoms with Gasteiger partial charge in [-0.15, -0.1) is 0 Å². The first-order valence-electron chi connectivity index (χ1n) is 22.0. The molecule has 0 saturated heterocycles. The smallest absolute Gasteiger partial charge is 0.462 e. The van der Waals surface area contributed by atoms with Crippen molar-refractivity contribution in [3.05, 3.63) is 36.5 Å². The summed E-state index contributed by atoms with van der Waals surface area (Å²) < 4.78 is 32.6. The molecule has 336 valence electrons. The molecule has 0 aromatic heterocycles. The van der Waals surface area contributed by atoms with E-state index in [1.165, 1.54) is 38.5 Å². The van der Waals surface area contributed by atoms with Crippen LogP contribution in [0.15, 0.2) is 36.5 Å². The Kier molecular flexibility index (Phi) is 32.0. The van der Waals surface area contributed by atoms with Crippen LogP contribution in [0.2, 0.25) is 0 Å². The van der Waals surface area contributed by atoms with Crippen LogP contribution >= 0.6 is 7.82 Å². The summed E-state index contributed by atoms with van der Waals surface area (Å²) in [7, 11) is -4.68. The molecule has 1 saturated carbocycles. The molecule has 0 aliphatic heterocycles. The minimum absolute atomic E-state index is 0.0436. The fourth-order valence-corrected chi connectivity index (χ4v) is 7.40. The Morgan fingerprint density at radius 2 is 1.33 bits per heavy atom. The van der Waals surface area contributed by atoms with Crippen LogP contribution in [0.1, 0.15) is 162 Å². The average molecular weight is 845 g/mol. The second-order valence-electron chi connectivity index (χ2n) is 15.5. The summed E-state index contributed by atoms with van der Waals surface area (Å²) in [6, 6.07) is 0. The van der Waals surface area contributed by atoms with Crippen molar-refractivity contribution in [3.8, 4) is 0 Å². The van der Waals surface area contributed by atoms with E-state index in [1.54, 1.807) is 12.2 Å². The minimum atomic E-state index is -4.68. The highest BCUT2D eigenvalue weighted by molar-refractivity contribution is 7.47. The maximum absolute atomic E-state index is 12.6. The Bertz CT molecular complexity index is 1220. The molecule has 0 heterocycles. The van der Waals surface area contributed by atoms with Gasteiger partial charge in [0, 0.05) is 31.1 Å². The maximum atomic E-state index is 12.6. The Labute approximate surface area is 348 Å². The lowest BCUT2D eigenvalue weighted by atomic mass is 9.90. The van der Waals surface area contributed by atoms with E-state index in [-0.39, 0.29) is 31.0 Å². The molecule has 0 aromatic carbocycles. The number of rotatable bonds is 37. The average Bonchev–Trinajstić information content (AvgIpc) is 3.47. The highest BCUT2D eigenvalue weighted by Crippen LogP contribution is 2.43. The van der Waals surface area contributed by atoms with Crippen molar-refractivity contribution in [2.45, 2.75) is 186 Å². The van der Waals surface area contributed by atoms with E-state index < -0.39 is 76.5 Å². The Balaban J connectivity index is 2.48. The summed E-state index contributed by atoms with van der Waals surface area (Å²) in [4.78, 5) is 47.6. The largest absolute Gasteiger partial charge is 0.472 e. The molecule has 13 nitrogen and oxygen atoms in total. The van der Waals surface area contributed by atoms with Gasteiger partial charge in [0.15, 0.2) is 6.10 Å². The van der Waals surface area contributed by atoms with Crippen molar-refractivity contribution in [1.29, 1.82) is 0 Å². The lowest BCUT2D eigenvalue weighted by molar-refractivity contribution is -0.161. The predicted molar refractivity (Wildman–Crippen MR) is 225 cm³/mol.